The van der Waals surface area contributed by atoms with E-state index in [-0.39, 0.29) is 11.9 Å². The van der Waals surface area contributed by atoms with E-state index in [0.717, 1.165) is 58.1 Å². The van der Waals surface area contributed by atoms with Gasteiger partial charge in [0.05, 0.1) is 12.8 Å². The van der Waals surface area contributed by atoms with Crippen LogP contribution in [0.5, 0.6) is 5.88 Å². The lowest BCUT2D eigenvalue weighted by Gasteiger charge is -2.23. The molecule has 0 aliphatic carbocycles. The van der Waals surface area contributed by atoms with Crippen molar-refractivity contribution in [1.29, 1.82) is 0 Å². The number of hydrogen-bond acceptors (Lipinski definition) is 8. The number of anilines is 1. The van der Waals surface area contributed by atoms with Gasteiger partial charge in [0.1, 0.15) is 5.82 Å². The molecule has 0 unspecified atom stereocenters. The minimum Gasteiger partial charge on any atom is -0.481 e. The predicted octanol–water partition coefficient (Wildman–Crippen LogP) is 2.98. The van der Waals surface area contributed by atoms with Crippen molar-refractivity contribution in [2.24, 2.45) is 5.73 Å². The van der Waals surface area contributed by atoms with Gasteiger partial charge in [0.15, 0.2) is 0 Å². The zero-order valence-electron chi connectivity index (χ0n) is 22.3. The molecule has 1 aliphatic heterocycles. The van der Waals surface area contributed by atoms with E-state index >= 15 is 0 Å². The number of nitrogens with two attached hydrogens (primary N) is 1. The van der Waals surface area contributed by atoms with Crippen LogP contribution in [0, 0.1) is 13.8 Å². The molecule has 0 saturated heterocycles. The number of methoxy groups -OCH3 is 1. The largest absolute Gasteiger partial charge is 0.481 e. The van der Waals surface area contributed by atoms with Crippen LogP contribution in [0.1, 0.15) is 52.2 Å². The Morgan fingerprint density at radius 2 is 2.00 bits per heavy atom. The van der Waals surface area contributed by atoms with Crippen LogP contribution in [0.2, 0.25) is 0 Å². The first-order valence-electron chi connectivity index (χ1n) is 12.7. The first kappa shape index (κ1) is 26.5. The molecule has 1 amide bonds. The number of hydrazine groups is 1. The number of fused-ring (bicyclic) bond motifs is 1. The lowest BCUT2D eigenvalue weighted by Crippen LogP contribution is -2.38. The molecule has 4 rings (SSSR count). The van der Waals surface area contributed by atoms with Crippen LogP contribution in [0.3, 0.4) is 0 Å². The quantitative estimate of drug-likeness (QED) is 0.312. The molecule has 37 heavy (non-hydrogen) atoms. The highest BCUT2D eigenvalue weighted by Crippen LogP contribution is 2.32. The summed E-state index contributed by atoms with van der Waals surface area (Å²) in [5, 5.41) is 8.45. The third-order valence-corrected chi connectivity index (χ3v) is 6.45. The summed E-state index contributed by atoms with van der Waals surface area (Å²) in [7, 11) is 1.60. The second-order valence-electron chi connectivity index (χ2n) is 9.57. The maximum absolute atomic E-state index is 13.6. The van der Waals surface area contributed by atoms with E-state index < -0.39 is 0 Å². The maximum Gasteiger partial charge on any atom is 0.252 e. The third-order valence-electron chi connectivity index (χ3n) is 6.45. The Morgan fingerprint density at radius 3 is 2.73 bits per heavy atom. The predicted molar refractivity (Wildman–Crippen MR) is 146 cm³/mol. The van der Waals surface area contributed by atoms with E-state index in [1.807, 2.05) is 43.1 Å². The Morgan fingerprint density at radius 1 is 1.19 bits per heavy atom. The number of amides is 1. The first-order chi connectivity index (χ1) is 17.8. The van der Waals surface area contributed by atoms with Crippen LogP contribution < -0.4 is 31.5 Å². The molecule has 5 N–H and O–H groups in total. The number of hydrogen-bond donors (Lipinski definition) is 4. The van der Waals surface area contributed by atoms with Gasteiger partial charge in [0, 0.05) is 66.7 Å². The highest BCUT2D eigenvalue weighted by Gasteiger charge is 2.29. The molecule has 3 aromatic rings. The molecule has 1 aromatic carbocycles. The van der Waals surface area contributed by atoms with Gasteiger partial charge < -0.3 is 21.1 Å². The summed E-state index contributed by atoms with van der Waals surface area (Å²) in [5.74, 6) is 1.16. The minimum absolute atomic E-state index is 0.157. The fraction of sp³-hybridized carbons (Fsp3) is 0.393. The van der Waals surface area contributed by atoms with E-state index in [1.165, 1.54) is 0 Å². The van der Waals surface area contributed by atoms with Crippen molar-refractivity contribution in [2.75, 3.05) is 25.2 Å². The number of carbonyl (C=O) groups excluding carboxylic acids is 1. The molecular formula is C28H37N7O2. The van der Waals surface area contributed by atoms with Crippen molar-refractivity contribution in [1.82, 2.24) is 26.0 Å². The van der Waals surface area contributed by atoms with Gasteiger partial charge in [-0.05, 0) is 57.0 Å². The molecule has 196 valence electrons. The van der Waals surface area contributed by atoms with Crippen molar-refractivity contribution in [3.8, 4) is 17.1 Å². The molecule has 2 aromatic heterocycles. The van der Waals surface area contributed by atoms with Crippen LogP contribution in [-0.2, 0) is 19.6 Å². The second-order valence-corrected chi connectivity index (χ2v) is 9.57. The van der Waals surface area contributed by atoms with Crippen molar-refractivity contribution in [3.05, 3.63) is 69.9 Å². The van der Waals surface area contributed by atoms with Gasteiger partial charge in [-0.3, -0.25) is 9.80 Å². The summed E-state index contributed by atoms with van der Waals surface area (Å²) in [6, 6.07) is 12.3. The van der Waals surface area contributed by atoms with Gasteiger partial charge in [0.2, 0.25) is 5.88 Å². The van der Waals surface area contributed by atoms with Crippen LogP contribution >= 0.6 is 0 Å². The summed E-state index contributed by atoms with van der Waals surface area (Å²) in [4.78, 5) is 23.0. The van der Waals surface area contributed by atoms with Crippen molar-refractivity contribution in [3.63, 3.8) is 0 Å². The molecule has 9 heteroatoms. The summed E-state index contributed by atoms with van der Waals surface area (Å²) in [5.41, 5.74) is 16.1. The number of rotatable bonds is 10. The molecule has 3 heterocycles. The van der Waals surface area contributed by atoms with Crippen molar-refractivity contribution in [2.45, 2.75) is 53.4 Å². The fourth-order valence-corrected chi connectivity index (χ4v) is 4.60. The van der Waals surface area contributed by atoms with E-state index in [4.69, 9.17) is 15.5 Å². The Hall–Kier alpha value is -3.53. The van der Waals surface area contributed by atoms with E-state index in [2.05, 4.69) is 47.0 Å². The number of nitrogens with zero attached hydrogens (tertiary/aromatic N) is 3. The standard InChI is InChI=1S/C28H37N7O2/c1-17(2)35-26-24(16-32-35)22(27(36)31-15-23-18(3)11-19(4)33-28(23)37-5)13-25(34-26)21-8-6-7-20(12-21)14-30-10-9-29/h6-8,11-13,17,30,32H,9-10,14-16,29H2,1-5H3,(H,31,36). The zero-order valence-corrected chi connectivity index (χ0v) is 22.3. The molecule has 9 nitrogen and oxygen atoms in total. The zero-order chi connectivity index (χ0) is 26.5. The maximum atomic E-state index is 13.6. The van der Waals surface area contributed by atoms with Gasteiger partial charge in [0.25, 0.3) is 5.91 Å². The third kappa shape index (κ3) is 5.90. The normalized spacial score (nSPS) is 12.7. The average Bonchev–Trinajstić information content (AvgIpc) is 3.32. The Balaban J connectivity index is 1.68. The van der Waals surface area contributed by atoms with Crippen molar-refractivity contribution < 1.29 is 9.53 Å². The second kappa shape index (κ2) is 11.7. The topological polar surface area (TPSA) is 117 Å². The highest BCUT2D eigenvalue weighted by molar-refractivity contribution is 5.98. The summed E-state index contributed by atoms with van der Waals surface area (Å²) in [6.07, 6.45) is 0. The Labute approximate surface area is 218 Å². The molecule has 0 spiro atoms. The van der Waals surface area contributed by atoms with E-state index in [9.17, 15) is 4.79 Å². The lowest BCUT2D eigenvalue weighted by atomic mass is 10.0. The molecule has 1 aliphatic rings. The van der Waals surface area contributed by atoms with Crippen LogP contribution in [0.15, 0.2) is 36.4 Å². The van der Waals surface area contributed by atoms with Crippen molar-refractivity contribution >= 4 is 11.7 Å². The number of pyridine rings is 2. The average molecular weight is 504 g/mol. The number of benzene rings is 1. The summed E-state index contributed by atoms with van der Waals surface area (Å²) < 4.78 is 5.48. The van der Waals surface area contributed by atoms with Gasteiger partial charge in [-0.25, -0.2) is 15.4 Å². The summed E-state index contributed by atoms with van der Waals surface area (Å²) >= 11 is 0. The lowest BCUT2D eigenvalue weighted by molar-refractivity contribution is 0.0949. The first-order valence-corrected chi connectivity index (χ1v) is 12.7. The number of ether oxygens (including phenoxy) is 1. The number of nitrogens with one attached hydrogen (secondary N) is 3. The molecule has 0 radical (unpaired) electrons. The monoisotopic (exact) mass is 503 g/mol. The van der Waals surface area contributed by atoms with E-state index in [0.29, 0.717) is 31.1 Å². The number of carbonyl (C=O) groups is 1. The SMILES string of the molecule is COc1nc(C)cc(C)c1CNC(=O)c1cc(-c2cccc(CNCCN)c2)nc2c1CNN2C(C)C. The molecule has 0 saturated carbocycles. The fourth-order valence-electron chi connectivity index (χ4n) is 4.60. The van der Waals surface area contributed by atoms with Gasteiger partial charge in [-0.2, -0.15) is 0 Å². The molecular weight excluding hydrogens is 466 g/mol. The van der Waals surface area contributed by atoms with Gasteiger partial charge in [-0.15, -0.1) is 0 Å². The molecule has 0 bridgehead atoms. The Bertz CT molecular complexity index is 1280. The molecule has 0 fully saturated rings. The summed E-state index contributed by atoms with van der Waals surface area (Å²) in [6.45, 7) is 11.0. The highest BCUT2D eigenvalue weighted by atomic mass is 16.5. The van der Waals surface area contributed by atoms with Crippen LogP contribution in [0.25, 0.3) is 11.3 Å². The Kier molecular flexibility index (Phi) is 8.38. The van der Waals surface area contributed by atoms with Crippen LogP contribution in [0.4, 0.5) is 5.82 Å². The minimum atomic E-state index is -0.157. The number of aryl methyl sites for hydroxylation is 2. The van der Waals surface area contributed by atoms with Gasteiger partial charge >= 0.3 is 0 Å². The van der Waals surface area contributed by atoms with Gasteiger partial charge in [-0.1, -0.05) is 18.2 Å². The van der Waals surface area contributed by atoms with E-state index in [1.54, 1.807) is 7.11 Å². The smallest absolute Gasteiger partial charge is 0.252 e. The van der Waals surface area contributed by atoms with Crippen LogP contribution in [-0.4, -0.2) is 42.1 Å². The molecule has 0 atom stereocenters. The number of aromatic nitrogens is 2.